The SMILES string of the molecule is CSc1cccc(Oc2cccc(Br)c2)c1CN. The Labute approximate surface area is 120 Å². The van der Waals surface area contributed by atoms with Gasteiger partial charge in [-0.1, -0.05) is 28.1 Å². The van der Waals surface area contributed by atoms with Gasteiger partial charge in [-0.05, 0) is 36.6 Å². The molecule has 0 saturated carbocycles. The number of benzene rings is 2. The van der Waals surface area contributed by atoms with Gasteiger partial charge in [0.1, 0.15) is 11.5 Å². The third-order valence-corrected chi connectivity index (χ3v) is 3.85. The summed E-state index contributed by atoms with van der Waals surface area (Å²) in [7, 11) is 0. The van der Waals surface area contributed by atoms with Gasteiger partial charge >= 0.3 is 0 Å². The van der Waals surface area contributed by atoms with Crippen LogP contribution in [0.1, 0.15) is 5.56 Å². The predicted molar refractivity (Wildman–Crippen MR) is 80.3 cm³/mol. The van der Waals surface area contributed by atoms with Crippen LogP contribution in [0.15, 0.2) is 51.8 Å². The van der Waals surface area contributed by atoms with E-state index in [4.69, 9.17) is 10.5 Å². The molecular weight excluding hydrogens is 310 g/mol. The van der Waals surface area contributed by atoms with E-state index < -0.39 is 0 Å². The lowest BCUT2D eigenvalue weighted by Gasteiger charge is -2.13. The fourth-order valence-corrected chi connectivity index (χ4v) is 2.71. The standard InChI is InChI=1S/C14H14BrNOS/c1-18-14-7-3-6-13(12(14)9-16)17-11-5-2-4-10(15)8-11/h2-8H,9,16H2,1H3. The van der Waals surface area contributed by atoms with Crippen LogP contribution in [0.2, 0.25) is 0 Å². The third-order valence-electron chi connectivity index (χ3n) is 2.54. The maximum absolute atomic E-state index is 5.90. The van der Waals surface area contributed by atoms with Gasteiger partial charge in [0.2, 0.25) is 0 Å². The highest BCUT2D eigenvalue weighted by molar-refractivity contribution is 9.10. The molecule has 0 aliphatic rings. The Kier molecular flexibility index (Phi) is 4.69. The molecule has 0 aliphatic carbocycles. The smallest absolute Gasteiger partial charge is 0.133 e. The second-order valence-electron chi connectivity index (χ2n) is 3.70. The molecule has 2 rings (SSSR count). The zero-order chi connectivity index (χ0) is 13.0. The first-order valence-corrected chi connectivity index (χ1v) is 7.55. The summed E-state index contributed by atoms with van der Waals surface area (Å²) in [6.07, 6.45) is 2.04. The van der Waals surface area contributed by atoms with Crippen LogP contribution in [0.3, 0.4) is 0 Å². The van der Waals surface area contributed by atoms with Crippen LogP contribution in [-0.4, -0.2) is 6.26 Å². The van der Waals surface area contributed by atoms with Crippen molar-refractivity contribution in [1.29, 1.82) is 0 Å². The molecule has 18 heavy (non-hydrogen) atoms. The van der Waals surface area contributed by atoms with E-state index in [1.165, 1.54) is 0 Å². The van der Waals surface area contributed by atoms with Crippen molar-refractivity contribution in [2.75, 3.05) is 6.26 Å². The first-order valence-electron chi connectivity index (χ1n) is 5.54. The molecule has 0 spiro atoms. The van der Waals surface area contributed by atoms with Gasteiger partial charge in [-0.2, -0.15) is 0 Å². The van der Waals surface area contributed by atoms with E-state index in [0.29, 0.717) is 6.54 Å². The monoisotopic (exact) mass is 323 g/mol. The van der Waals surface area contributed by atoms with Gasteiger partial charge in [0.15, 0.2) is 0 Å². The van der Waals surface area contributed by atoms with Crippen LogP contribution in [0, 0.1) is 0 Å². The maximum Gasteiger partial charge on any atom is 0.133 e. The van der Waals surface area contributed by atoms with Crippen LogP contribution in [-0.2, 0) is 6.54 Å². The molecule has 2 aromatic rings. The van der Waals surface area contributed by atoms with Crippen molar-refractivity contribution >= 4 is 27.7 Å². The molecule has 0 bridgehead atoms. The summed E-state index contributed by atoms with van der Waals surface area (Å²) in [5, 5.41) is 0. The highest BCUT2D eigenvalue weighted by Gasteiger charge is 2.08. The Hall–Kier alpha value is -0.970. The molecule has 0 unspecified atom stereocenters. The van der Waals surface area contributed by atoms with Gasteiger partial charge in [0.25, 0.3) is 0 Å². The van der Waals surface area contributed by atoms with Gasteiger partial charge in [-0.15, -0.1) is 11.8 Å². The van der Waals surface area contributed by atoms with E-state index in [9.17, 15) is 0 Å². The number of thioether (sulfide) groups is 1. The number of rotatable bonds is 4. The van der Waals surface area contributed by atoms with E-state index in [2.05, 4.69) is 22.0 Å². The van der Waals surface area contributed by atoms with Crippen LogP contribution >= 0.6 is 27.7 Å². The van der Waals surface area contributed by atoms with Crippen LogP contribution in [0.5, 0.6) is 11.5 Å². The number of halogens is 1. The van der Waals surface area contributed by atoms with E-state index in [1.807, 2.05) is 42.7 Å². The molecule has 4 heteroatoms. The fraction of sp³-hybridized carbons (Fsp3) is 0.143. The highest BCUT2D eigenvalue weighted by atomic mass is 79.9. The summed E-state index contributed by atoms with van der Waals surface area (Å²) in [6.45, 7) is 0.473. The Bertz CT molecular complexity index is 545. The van der Waals surface area contributed by atoms with Crippen molar-refractivity contribution in [3.05, 3.63) is 52.5 Å². The molecule has 94 valence electrons. The molecule has 2 nitrogen and oxygen atoms in total. The van der Waals surface area contributed by atoms with Gasteiger partial charge in [-0.3, -0.25) is 0 Å². The van der Waals surface area contributed by atoms with Crippen LogP contribution < -0.4 is 10.5 Å². The van der Waals surface area contributed by atoms with Gasteiger partial charge in [0, 0.05) is 21.5 Å². The Morgan fingerprint density at radius 3 is 2.67 bits per heavy atom. The number of nitrogens with two attached hydrogens (primary N) is 1. The Morgan fingerprint density at radius 2 is 2.00 bits per heavy atom. The largest absolute Gasteiger partial charge is 0.457 e. The molecule has 0 aliphatic heterocycles. The summed E-state index contributed by atoms with van der Waals surface area (Å²) in [6, 6.07) is 13.8. The fourth-order valence-electron chi connectivity index (χ4n) is 1.69. The normalized spacial score (nSPS) is 10.4. The van der Waals surface area contributed by atoms with Gasteiger partial charge in [-0.25, -0.2) is 0 Å². The minimum atomic E-state index is 0.473. The van der Waals surface area contributed by atoms with Gasteiger partial charge in [0.05, 0.1) is 0 Å². The van der Waals surface area contributed by atoms with Crippen LogP contribution in [0.25, 0.3) is 0 Å². The molecule has 0 fully saturated rings. The first-order chi connectivity index (χ1) is 8.74. The molecule has 0 heterocycles. The summed E-state index contributed by atoms with van der Waals surface area (Å²) in [4.78, 5) is 1.16. The van der Waals surface area contributed by atoms with Crippen molar-refractivity contribution in [1.82, 2.24) is 0 Å². The lowest BCUT2D eigenvalue weighted by molar-refractivity contribution is 0.474. The second kappa shape index (κ2) is 6.27. The Balaban J connectivity index is 2.34. The lowest BCUT2D eigenvalue weighted by atomic mass is 10.2. The van der Waals surface area contributed by atoms with Crippen molar-refractivity contribution in [3.8, 4) is 11.5 Å². The zero-order valence-electron chi connectivity index (χ0n) is 10.0. The second-order valence-corrected chi connectivity index (χ2v) is 5.46. The molecular formula is C14H14BrNOS. The molecule has 2 aromatic carbocycles. The molecule has 2 N–H and O–H groups in total. The molecule has 0 aromatic heterocycles. The van der Waals surface area contributed by atoms with Gasteiger partial charge < -0.3 is 10.5 Å². The average molecular weight is 324 g/mol. The zero-order valence-corrected chi connectivity index (χ0v) is 12.4. The quantitative estimate of drug-likeness (QED) is 0.846. The predicted octanol–water partition coefficient (Wildman–Crippen LogP) is 4.42. The minimum absolute atomic E-state index is 0.473. The number of hydrogen-bond acceptors (Lipinski definition) is 3. The van der Waals surface area contributed by atoms with Crippen molar-refractivity contribution in [3.63, 3.8) is 0 Å². The summed E-state index contributed by atoms with van der Waals surface area (Å²) in [5.41, 5.74) is 6.85. The van der Waals surface area contributed by atoms with Crippen molar-refractivity contribution in [2.24, 2.45) is 5.73 Å². The lowest BCUT2D eigenvalue weighted by Crippen LogP contribution is -2.01. The summed E-state index contributed by atoms with van der Waals surface area (Å²) >= 11 is 5.11. The molecule has 0 radical (unpaired) electrons. The topological polar surface area (TPSA) is 35.2 Å². The Morgan fingerprint density at radius 1 is 1.22 bits per heavy atom. The number of ether oxygens (including phenoxy) is 1. The molecule has 0 atom stereocenters. The van der Waals surface area contributed by atoms with E-state index in [0.717, 1.165) is 26.4 Å². The summed E-state index contributed by atoms with van der Waals surface area (Å²) < 4.78 is 6.90. The summed E-state index contributed by atoms with van der Waals surface area (Å²) in [5.74, 6) is 1.62. The highest BCUT2D eigenvalue weighted by Crippen LogP contribution is 2.32. The van der Waals surface area contributed by atoms with E-state index in [-0.39, 0.29) is 0 Å². The third kappa shape index (κ3) is 3.07. The average Bonchev–Trinajstić information content (AvgIpc) is 2.38. The minimum Gasteiger partial charge on any atom is -0.457 e. The molecule has 0 amide bonds. The maximum atomic E-state index is 5.90. The molecule has 0 saturated heterocycles. The van der Waals surface area contributed by atoms with E-state index in [1.54, 1.807) is 11.8 Å². The van der Waals surface area contributed by atoms with Crippen LogP contribution in [0.4, 0.5) is 0 Å². The number of hydrogen-bond donors (Lipinski definition) is 1. The van der Waals surface area contributed by atoms with Crippen molar-refractivity contribution < 1.29 is 4.74 Å². The van der Waals surface area contributed by atoms with Crippen molar-refractivity contribution in [2.45, 2.75) is 11.4 Å². The van der Waals surface area contributed by atoms with E-state index >= 15 is 0 Å². The first kappa shape index (κ1) is 13.5.